The van der Waals surface area contributed by atoms with Crippen molar-refractivity contribution in [2.24, 2.45) is 5.92 Å². The number of aromatic nitrogens is 1. The molecule has 224 valence electrons. The number of urea groups is 1. The summed E-state index contributed by atoms with van der Waals surface area (Å²) in [6.45, 7) is 8.43. The molecule has 0 bridgehead atoms. The lowest BCUT2D eigenvalue weighted by atomic mass is 9.97. The van der Waals surface area contributed by atoms with Gasteiger partial charge in [-0.25, -0.2) is 4.79 Å². The molecule has 43 heavy (non-hydrogen) atoms. The number of piperidine rings is 1. The Kier molecular flexibility index (Phi) is 9.89. The predicted octanol–water partition coefficient (Wildman–Crippen LogP) is 6.84. The van der Waals surface area contributed by atoms with Crippen LogP contribution in [0, 0.1) is 12.8 Å². The standard InChI is InChI=1S/C35H40N4O4/c1-4-42-31(34(40)39-19-17-24(2)18-20-39)22-26-13-15-28(16-14-26)30-12-8-9-27(21-30)23-36-35(41)37-32-25(3)43-38-33(32)29-10-6-5-7-11-29/h5-16,21,24,31H,4,17-20,22-23H2,1-3H3,(H2,36,37,41). The maximum absolute atomic E-state index is 13.2. The topological polar surface area (TPSA) is 96.7 Å². The average Bonchev–Trinajstić information content (AvgIpc) is 3.40. The van der Waals surface area contributed by atoms with E-state index < -0.39 is 6.10 Å². The van der Waals surface area contributed by atoms with Gasteiger partial charge in [-0.2, -0.15) is 0 Å². The minimum Gasteiger partial charge on any atom is -0.368 e. The van der Waals surface area contributed by atoms with E-state index in [1.807, 2.05) is 54.3 Å². The monoisotopic (exact) mass is 580 g/mol. The van der Waals surface area contributed by atoms with Gasteiger partial charge in [-0.1, -0.05) is 84.9 Å². The third-order valence-electron chi connectivity index (χ3n) is 7.98. The zero-order valence-corrected chi connectivity index (χ0v) is 25.1. The van der Waals surface area contributed by atoms with E-state index in [9.17, 15) is 9.59 Å². The normalized spacial score (nSPS) is 14.3. The predicted molar refractivity (Wildman–Crippen MR) is 169 cm³/mol. The number of hydrogen-bond acceptors (Lipinski definition) is 5. The van der Waals surface area contributed by atoms with Crippen LogP contribution in [0.1, 0.15) is 43.6 Å². The lowest BCUT2D eigenvalue weighted by Gasteiger charge is -2.33. The maximum atomic E-state index is 13.2. The van der Waals surface area contributed by atoms with Gasteiger partial charge in [-0.05, 0) is 60.9 Å². The molecule has 0 aliphatic carbocycles. The molecule has 3 amide bonds. The van der Waals surface area contributed by atoms with Gasteiger partial charge in [-0.15, -0.1) is 0 Å². The van der Waals surface area contributed by atoms with Crippen molar-refractivity contribution in [3.63, 3.8) is 0 Å². The molecule has 1 unspecified atom stereocenters. The maximum Gasteiger partial charge on any atom is 0.319 e. The number of anilines is 1. The second kappa shape index (κ2) is 14.2. The van der Waals surface area contributed by atoms with Gasteiger partial charge in [0.15, 0.2) is 5.76 Å². The number of carbonyl (C=O) groups excluding carboxylic acids is 2. The zero-order valence-electron chi connectivity index (χ0n) is 25.1. The Morgan fingerprint density at radius 1 is 0.953 bits per heavy atom. The molecule has 8 heteroatoms. The van der Waals surface area contributed by atoms with Crippen LogP contribution in [-0.2, 0) is 22.5 Å². The van der Waals surface area contributed by atoms with E-state index in [2.05, 4.69) is 59.1 Å². The molecule has 1 saturated heterocycles. The van der Waals surface area contributed by atoms with E-state index in [0.29, 0.717) is 42.6 Å². The molecule has 4 aromatic rings. The summed E-state index contributed by atoms with van der Waals surface area (Å²) in [5.41, 5.74) is 6.16. The molecular formula is C35H40N4O4. The number of aryl methyl sites for hydroxylation is 1. The van der Waals surface area contributed by atoms with E-state index in [1.54, 1.807) is 6.92 Å². The van der Waals surface area contributed by atoms with Crippen LogP contribution < -0.4 is 10.6 Å². The number of benzene rings is 3. The molecule has 0 saturated carbocycles. The lowest BCUT2D eigenvalue weighted by Crippen LogP contribution is -2.45. The molecular weight excluding hydrogens is 540 g/mol. The van der Waals surface area contributed by atoms with E-state index in [1.165, 1.54) is 0 Å². The van der Waals surface area contributed by atoms with E-state index in [0.717, 1.165) is 53.7 Å². The highest BCUT2D eigenvalue weighted by Crippen LogP contribution is 2.30. The Bertz CT molecular complexity index is 1510. The van der Waals surface area contributed by atoms with Crippen molar-refractivity contribution in [2.45, 2.75) is 52.7 Å². The molecule has 2 heterocycles. The van der Waals surface area contributed by atoms with Crippen molar-refractivity contribution in [3.8, 4) is 22.4 Å². The molecule has 0 spiro atoms. The molecule has 5 rings (SSSR count). The fourth-order valence-electron chi connectivity index (χ4n) is 5.41. The minimum atomic E-state index is -0.463. The third-order valence-corrected chi connectivity index (χ3v) is 7.98. The first kappa shape index (κ1) is 30.0. The highest BCUT2D eigenvalue weighted by Gasteiger charge is 2.27. The van der Waals surface area contributed by atoms with Crippen LogP contribution in [0.4, 0.5) is 10.5 Å². The van der Waals surface area contributed by atoms with Crippen molar-refractivity contribution in [1.82, 2.24) is 15.4 Å². The Balaban J connectivity index is 1.19. The van der Waals surface area contributed by atoms with Crippen molar-refractivity contribution in [2.75, 3.05) is 25.0 Å². The Morgan fingerprint density at radius 3 is 2.40 bits per heavy atom. The van der Waals surface area contributed by atoms with Gasteiger partial charge in [0.25, 0.3) is 5.91 Å². The van der Waals surface area contributed by atoms with Crippen molar-refractivity contribution >= 4 is 17.6 Å². The molecule has 1 atom stereocenters. The Hall–Kier alpha value is -4.43. The number of rotatable bonds is 10. The quantitative estimate of drug-likeness (QED) is 0.214. The lowest BCUT2D eigenvalue weighted by molar-refractivity contribution is -0.144. The van der Waals surface area contributed by atoms with E-state index in [4.69, 9.17) is 9.26 Å². The number of hydrogen-bond donors (Lipinski definition) is 2. The molecule has 2 N–H and O–H groups in total. The van der Waals surface area contributed by atoms with Crippen molar-refractivity contribution in [3.05, 3.63) is 95.7 Å². The van der Waals surface area contributed by atoms with Crippen LogP contribution in [0.15, 0.2) is 83.4 Å². The van der Waals surface area contributed by atoms with Gasteiger partial charge >= 0.3 is 6.03 Å². The van der Waals surface area contributed by atoms with Gasteiger partial charge in [0.05, 0.1) is 0 Å². The molecule has 3 aromatic carbocycles. The summed E-state index contributed by atoms with van der Waals surface area (Å²) in [6, 6.07) is 25.6. The van der Waals surface area contributed by atoms with Crippen LogP contribution in [0.5, 0.6) is 0 Å². The number of carbonyl (C=O) groups is 2. The summed E-state index contributed by atoms with van der Waals surface area (Å²) in [4.78, 5) is 27.9. The summed E-state index contributed by atoms with van der Waals surface area (Å²) < 4.78 is 11.2. The minimum absolute atomic E-state index is 0.0950. The van der Waals surface area contributed by atoms with Gasteiger partial charge < -0.3 is 24.8 Å². The zero-order chi connectivity index (χ0) is 30.2. The first-order chi connectivity index (χ1) is 20.9. The average molecular weight is 581 g/mol. The first-order valence-corrected chi connectivity index (χ1v) is 15.1. The van der Waals surface area contributed by atoms with Gasteiger partial charge in [0, 0.05) is 38.2 Å². The van der Waals surface area contributed by atoms with E-state index >= 15 is 0 Å². The summed E-state index contributed by atoms with van der Waals surface area (Å²) in [5, 5.41) is 9.95. The highest BCUT2D eigenvalue weighted by atomic mass is 16.5. The van der Waals surface area contributed by atoms with Gasteiger partial charge in [-0.3, -0.25) is 4.79 Å². The van der Waals surface area contributed by atoms with Crippen LogP contribution in [0.3, 0.4) is 0 Å². The number of likely N-dealkylation sites (tertiary alicyclic amines) is 1. The molecule has 1 aliphatic rings. The first-order valence-electron chi connectivity index (χ1n) is 15.1. The molecule has 1 aromatic heterocycles. The Morgan fingerprint density at radius 2 is 1.67 bits per heavy atom. The number of nitrogens with zero attached hydrogens (tertiary/aromatic N) is 2. The van der Waals surface area contributed by atoms with Gasteiger partial charge in [0.2, 0.25) is 0 Å². The third kappa shape index (κ3) is 7.70. The summed E-state index contributed by atoms with van der Waals surface area (Å²) >= 11 is 0. The Labute approximate surface area is 253 Å². The van der Waals surface area contributed by atoms with E-state index in [-0.39, 0.29) is 11.9 Å². The number of nitrogens with one attached hydrogen (secondary N) is 2. The molecule has 8 nitrogen and oxygen atoms in total. The van der Waals surface area contributed by atoms with Crippen LogP contribution in [-0.4, -0.2) is 47.8 Å². The number of ether oxygens (including phenoxy) is 1. The van der Waals surface area contributed by atoms with Crippen LogP contribution in [0.25, 0.3) is 22.4 Å². The highest BCUT2D eigenvalue weighted by molar-refractivity contribution is 5.94. The van der Waals surface area contributed by atoms with Crippen LogP contribution in [0.2, 0.25) is 0 Å². The van der Waals surface area contributed by atoms with Crippen molar-refractivity contribution in [1.29, 1.82) is 0 Å². The summed E-state index contributed by atoms with van der Waals surface area (Å²) in [5.74, 6) is 1.31. The van der Waals surface area contributed by atoms with Crippen LogP contribution >= 0.6 is 0 Å². The molecule has 0 radical (unpaired) electrons. The second-order valence-electron chi connectivity index (χ2n) is 11.2. The SMILES string of the molecule is CCOC(Cc1ccc(-c2cccc(CNC(=O)Nc3c(-c4ccccc4)noc3C)c2)cc1)C(=O)N1CCC(C)CC1. The number of amides is 3. The molecule has 1 fully saturated rings. The largest absolute Gasteiger partial charge is 0.368 e. The summed E-state index contributed by atoms with van der Waals surface area (Å²) in [6.07, 6.45) is 2.19. The van der Waals surface area contributed by atoms with Gasteiger partial charge in [0.1, 0.15) is 17.5 Å². The van der Waals surface area contributed by atoms with Crippen molar-refractivity contribution < 1.29 is 18.8 Å². The summed E-state index contributed by atoms with van der Waals surface area (Å²) in [7, 11) is 0. The smallest absolute Gasteiger partial charge is 0.319 e. The molecule has 1 aliphatic heterocycles. The second-order valence-corrected chi connectivity index (χ2v) is 11.2. The fourth-order valence-corrected chi connectivity index (χ4v) is 5.41. The fraction of sp³-hybridized carbons (Fsp3) is 0.343.